The number of phenols is 1. The van der Waals surface area contributed by atoms with Crippen molar-refractivity contribution in [1.82, 2.24) is 0 Å². The summed E-state index contributed by atoms with van der Waals surface area (Å²) < 4.78 is 10.2. The molecule has 0 radical (unpaired) electrons. The third-order valence-electron chi connectivity index (χ3n) is 4.62. The highest BCUT2D eigenvalue weighted by Gasteiger charge is 2.24. The molecular weight excluding hydrogens is 384 g/mol. The molecule has 0 bridgehead atoms. The molecule has 4 aromatic rings. The van der Waals surface area contributed by atoms with Gasteiger partial charge in [0.1, 0.15) is 22.6 Å². The zero-order valence-corrected chi connectivity index (χ0v) is 15.9. The van der Waals surface area contributed by atoms with E-state index in [9.17, 15) is 19.5 Å². The molecule has 148 valence electrons. The van der Waals surface area contributed by atoms with E-state index in [0.29, 0.717) is 16.2 Å². The van der Waals surface area contributed by atoms with Crippen molar-refractivity contribution in [2.24, 2.45) is 0 Å². The predicted octanol–water partition coefficient (Wildman–Crippen LogP) is 4.62. The lowest BCUT2D eigenvalue weighted by Crippen LogP contribution is -2.15. The van der Waals surface area contributed by atoms with Gasteiger partial charge in [-0.3, -0.25) is 4.79 Å². The fraction of sp³-hybridized carbons (Fsp3) is 0.0417. The van der Waals surface area contributed by atoms with E-state index in [1.54, 1.807) is 48.5 Å². The molecule has 0 aliphatic carbocycles. The standard InChI is InChI=1S/C24H16O6/c1-14(25)29-21-13-17-8-3-2-7-16(17)12-19(21)23(27)30-24(28)22-18-9-5-4-6-15(18)10-11-20(22)26/h2-13,26H,1H3. The third kappa shape index (κ3) is 3.58. The summed E-state index contributed by atoms with van der Waals surface area (Å²) in [5, 5.41) is 12.8. The smallest absolute Gasteiger partial charge is 0.350 e. The van der Waals surface area contributed by atoms with Crippen LogP contribution in [-0.4, -0.2) is 23.0 Å². The Morgan fingerprint density at radius 1 is 0.767 bits per heavy atom. The van der Waals surface area contributed by atoms with Gasteiger partial charge in [-0.15, -0.1) is 0 Å². The first-order valence-electron chi connectivity index (χ1n) is 9.12. The van der Waals surface area contributed by atoms with E-state index in [0.717, 1.165) is 5.39 Å². The van der Waals surface area contributed by atoms with Crippen molar-refractivity contribution in [2.45, 2.75) is 6.92 Å². The van der Waals surface area contributed by atoms with E-state index in [2.05, 4.69) is 0 Å². The topological polar surface area (TPSA) is 89.9 Å². The lowest BCUT2D eigenvalue weighted by atomic mass is 10.0. The van der Waals surface area contributed by atoms with Crippen LogP contribution in [0.2, 0.25) is 0 Å². The van der Waals surface area contributed by atoms with Crippen molar-refractivity contribution in [3.8, 4) is 11.5 Å². The number of phenolic OH excluding ortho intramolecular Hbond substituents is 1. The van der Waals surface area contributed by atoms with Crippen LogP contribution in [0.5, 0.6) is 11.5 Å². The highest BCUT2D eigenvalue weighted by Crippen LogP contribution is 2.30. The Morgan fingerprint density at radius 2 is 1.40 bits per heavy atom. The Labute approximate surface area is 171 Å². The van der Waals surface area contributed by atoms with Gasteiger partial charge in [0.2, 0.25) is 0 Å². The Bertz CT molecular complexity index is 1320. The lowest BCUT2D eigenvalue weighted by molar-refractivity contribution is -0.131. The molecule has 0 unspecified atom stereocenters. The Kier molecular flexibility index (Phi) is 4.90. The highest BCUT2D eigenvalue weighted by molar-refractivity contribution is 6.12. The quantitative estimate of drug-likeness (QED) is 0.307. The van der Waals surface area contributed by atoms with Gasteiger partial charge in [0, 0.05) is 6.92 Å². The maximum atomic E-state index is 12.8. The summed E-state index contributed by atoms with van der Waals surface area (Å²) in [7, 11) is 0. The Hall–Kier alpha value is -4.19. The van der Waals surface area contributed by atoms with Gasteiger partial charge in [0.25, 0.3) is 0 Å². The first-order chi connectivity index (χ1) is 14.4. The van der Waals surface area contributed by atoms with Crippen molar-refractivity contribution < 1.29 is 29.0 Å². The molecule has 4 aromatic carbocycles. The number of esters is 3. The summed E-state index contributed by atoms with van der Waals surface area (Å²) in [6, 6.07) is 20.2. The van der Waals surface area contributed by atoms with Gasteiger partial charge in [0.15, 0.2) is 0 Å². The summed E-state index contributed by atoms with van der Waals surface area (Å²) in [6.45, 7) is 1.21. The van der Waals surface area contributed by atoms with E-state index >= 15 is 0 Å². The Balaban J connectivity index is 1.74. The van der Waals surface area contributed by atoms with Crippen molar-refractivity contribution in [2.75, 3.05) is 0 Å². The molecule has 30 heavy (non-hydrogen) atoms. The molecule has 1 N–H and O–H groups in total. The maximum absolute atomic E-state index is 12.8. The van der Waals surface area contributed by atoms with Crippen LogP contribution in [-0.2, 0) is 9.53 Å². The van der Waals surface area contributed by atoms with Gasteiger partial charge >= 0.3 is 17.9 Å². The average Bonchev–Trinajstić information content (AvgIpc) is 2.72. The van der Waals surface area contributed by atoms with Crippen LogP contribution in [0.15, 0.2) is 72.8 Å². The van der Waals surface area contributed by atoms with Gasteiger partial charge in [0.05, 0.1) is 0 Å². The van der Waals surface area contributed by atoms with Crippen molar-refractivity contribution in [3.05, 3.63) is 83.9 Å². The van der Waals surface area contributed by atoms with Crippen LogP contribution in [0.3, 0.4) is 0 Å². The van der Waals surface area contributed by atoms with E-state index in [1.807, 2.05) is 6.07 Å². The normalized spacial score (nSPS) is 10.7. The average molecular weight is 400 g/mol. The van der Waals surface area contributed by atoms with Crippen molar-refractivity contribution >= 4 is 39.5 Å². The third-order valence-corrected chi connectivity index (χ3v) is 4.62. The van der Waals surface area contributed by atoms with E-state index in [1.165, 1.54) is 25.1 Å². The number of aromatic hydroxyl groups is 1. The number of carbonyl (C=O) groups is 3. The Morgan fingerprint density at radius 3 is 2.10 bits per heavy atom. The lowest BCUT2D eigenvalue weighted by Gasteiger charge is -2.11. The van der Waals surface area contributed by atoms with Gasteiger partial charge in [-0.05, 0) is 39.7 Å². The van der Waals surface area contributed by atoms with Crippen LogP contribution in [0.1, 0.15) is 27.6 Å². The van der Waals surface area contributed by atoms with E-state index in [-0.39, 0.29) is 22.6 Å². The molecule has 4 rings (SSSR count). The summed E-state index contributed by atoms with van der Waals surface area (Å²) in [4.78, 5) is 37.0. The number of rotatable bonds is 3. The number of hydrogen-bond acceptors (Lipinski definition) is 6. The van der Waals surface area contributed by atoms with Gasteiger partial charge < -0.3 is 14.6 Å². The zero-order valence-electron chi connectivity index (χ0n) is 15.9. The molecule has 0 aliphatic heterocycles. The van der Waals surface area contributed by atoms with Crippen LogP contribution in [0, 0.1) is 0 Å². The number of hydrogen-bond donors (Lipinski definition) is 1. The highest BCUT2D eigenvalue weighted by atomic mass is 16.6. The molecule has 0 aliphatic rings. The molecule has 0 amide bonds. The molecule has 0 saturated carbocycles. The predicted molar refractivity (Wildman–Crippen MR) is 111 cm³/mol. The molecule has 0 saturated heterocycles. The first kappa shape index (κ1) is 19.1. The van der Waals surface area contributed by atoms with Gasteiger partial charge in [-0.1, -0.05) is 54.6 Å². The minimum Gasteiger partial charge on any atom is -0.507 e. The van der Waals surface area contributed by atoms with E-state index < -0.39 is 17.9 Å². The summed E-state index contributed by atoms with van der Waals surface area (Å²) in [5.41, 5.74) is -0.187. The second-order valence-corrected chi connectivity index (χ2v) is 6.65. The second kappa shape index (κ2) is 7.67. The van der Waals surface area contributed by atoms with Gasteiger partial charge in [-0.25, -0.2) is 9.59 Å². The van der Waals surface area contributed by atoms with Crippen molar-refractivity contribution in [1.29, 1.82) is 0 Å². The molecule has 6 heteroatoms. The molecule has 0 aromatic heterocycles. The molecular formula is C24H16O6. The fourth-order valence-electron chi connectivity index (χ4n) is 3.28. The van der Waals surface area contributed by atoms with Crippen LogP contribution >= 0.6 is 0 Å². The SMILES string of the molecule is CC(=O)Oc1cc2ccccc2cc1C(=O)OC(=O)c1c(O)ccc2ccccc12. The molecule has 6 nitrogen and oxygen atoms in total. The fourth-order valence-corrected chi connectivity index (χ4v) is 3.28. The number of benzene rings is 4. The van der Waals surface area contributed by atoms with Crippen molar-refractivity contribution in [3.63, 3.8) is 0 Å². The minimum atomic E-state index is -1.00. The van der Waals surface area contributed by atoms with Gasteiger partial charge in [-0.2, -0.15) is 0 Å². The largest absolute Gasteiger partial charge is 0.507 e. The number of fused-ring (bicyclic) bond motifs is 2. The number of carbonyl (C=O) groups excluding carboxylic acids is 3. The molecule has 0 atom stereocenters. The van der Waals surface area contributed by atoms with Crippen LogP contribution in [0.4, 0.5) is 0 Å². The summed E-state index contributed by atoms with van der Waals surface area (Å²) in [6.07, 6.45) is 0. The molecule has 0 heterocycles. The molecule has 0 spiro atoms. The zero-order chi connectivity index (χ0) is 21.3. The van der Waals surface area contributed by atoms with E-state index in [4.69, 9.17) is 9.47 Å². The second-order valence-electron chi connectivity index (χ2n) is 6.65. The first-order valence-corrected chi connectivity index (χ1v) is 9.12. The molecule has 0 fully saturated rings. The minimum absolute atomic E-state index is 0.0128. The summed E-state index contributed by atoms with van der Waals surface area (Å²) in [5.74, 6) is -2.92. The summed E-state index contributed by atoms with van der Waals surface area (Å²) >= 11 is 0. The monoisotopic (exact) mass is 400 g/mol. The maximum Gasteiger partial charge on any atom is 0.350 e. The van der Waals surface area contributed by atoms with Crippen LogP contribution < -0.4 is 4.74 Å². The number of ether oxygens (including phenoxy) is 2. The van der Waals surface area contributed by atoms with Crippen LogP contribution in [0.25, 0.3) is 21.5 Å².